The molecule has 0 aliphatic carbocycles. The number of sulfonamides is 1. The van der Waals surface area contributed by atoms with Crippen molar-refractivity contribution in [1.82, 2.24) is 19.5 Å². The molecule has 0 bridgehead atoms. The summed E-state index contributed by atoms with van der Waals surface area (Å²) in [5.74, 6) is -0.993. The molecule has 1 N–H and O–H groups in total. The van der Waals surface area contributed by atoms with E-state index in [9.17, 15) is 22.0 Å². The third kappa shape index (κ3) is 5.96. The minimum atomic E-state index is -4.42. The molecule has 0 fully saturated rings. The van der Waals surface area contributed by atoms with Gasteiger partial charge in [-0.25, -0.2) is 18.5 Å². The molecule has 8 nitrogen and oxygen atoms in total. The largest absolute Gasteiger partial charge is 0.494 e. The molecule has 0 aliphatic rings. The average Bonchev–Trinajstić information content (AvgIpc) is 3.26. The van der Waals surface area contributed by atoms with Crippen LogP contribution in [0.4, 0.5) is 8.78 Å². The maximum absolute atomic E-state index is 13.2. The van der Waals surface area contributed by atoms with Gasteiger partial charge in [-0.1, -0.05) is 26.8 Å². The van der Waals surface area contributed by atoms with Crippen molar-refractivity contribution in [2.24, 2.45) is 0 Å². The van der Waals surface area contributed by atoms with Crippen molar-refractivity contribution in [1.29, 1.82) is 0 Å². The highest BCUT2D eigenvalue weighted by Gasteiger charge is 2.28. The number of nitrogens with one attached hydrogen (secondary N) is 1. The number of halogens is 2. The number of amides is 1. The predicted octanol–water partition coefficient (Wildman–Crippen LogP) is 3.56. The van der Waals surface area contributed by atoms with E-state index in [1.165, 1.54) is 31.4 Å². The Morgan fingerprint density at radius 2 is 1.91 bits per heavy atom. The van der Waals surface area contributed by atoms with Crippen molar-refractivity contribution in [3.05, 3.63) is 71.2 Å². The van der Waals surface area contributed by atoms with Crippen LogP contribution >= 0.6 is 0 Å². The minimum absolute atomic E-state index is 0.0266. The van der Waals surface area contributed by atoms with E-state index in [2.05, 4.69) is 10.1 Å². The molecule has 2 aromatic heterocycles. The van der Waals surface area contributed by atoms with Gasteiger partial charge < -0.3 is 4.74 Å². The fraction of sp³-hybridized carbons (Fsp3) is 0.348. The third-order valence-corrected chi connectivity index (χ3v) is 6.29. The molecule has 11 heteroatoms. The number of hydrogen-bond donors (Lipinski definition) is 1. The Kier molecular flexibility index (Phi) is 7.35. The number of carbonyl (C=O) groups is 1. The van der Waals surface area contributed by atoms with E-state index in [1.54, 1.807) is 29.2 Å². The van der Waals surface area contributed by atoms with E-state index in [0.717, 1.165) is 0 Å². The van der Waals surface area contributed by atoms with Crippen molar-refractivity contribution in [2.45, 2.75) is 50.6 Å². The molecule has 182 valence electrons. The predicted molar refractivity (Wildman–Crippen MR) is 122 cm³/mol. The number of nitrogens with zero attached hydrogens (tertiary/aromatic N) is 3. The van der Waals surface area contributed by atoms with Crippen LogP contribution in [-0.2, 0) is 28.4 Å². The Morgan fingerprint density at radius 3 is 2.50 bits per heavy atom. The molecule has 1 amide bonds. The van der Waals surface area contributed by atoms with Crippen LogP contribution in [0.2, 0.25) is 0 Å². The number of aromatic nitrogens is 3. The summed E-state index contributed by atoms with van der Waals surface area (Å²) in [5, 5.41) is 3.63. The zero-order chi connectivity index (χ0) is 25.1. The van der Waals surface area contributed by atoms with Crippen LogP contribution in [0.15, 0.2) is 53.8 Å². The van der Waals surface area contributed by atoms with Gasteiger partial charge in [-0.15, -0.1) is 0 Å². The van der Waals surface area contributed by atoms with Gasteiger partial charge in [-0.05, 0) is 41.5 Å². The molecule has 0 saturated carbocycles. The van der Waals surface area contributed by atoms with Gasteiger partial charge in [0, 0.05) is 35.5 Å². The van der Waals surface area contributed by atoms with Crippen LogP contribution in [0.1, 0.15) is 48.0 Å². The van der Waals surface area contributed by atoms with Gasteiger partial charge in [0.25, 0.3) is 15.9 Å². The van der Waals surface area contributed by atoms with E-state index >= 15 is 0 Å². The molecule has 3 rings (SSSR count). The zero-order valence-electron chi connectivity index (χ0n) is 19.2. The van der Waals surface area contributed by atoms with Gasteiger partial charge >= 0.3 is 0 Å². The zero-order valence-corrected chi connectivity index (χ0v) is 20.1. The van der Waals surface area contributed by atoms with Gasteiger partial charge in [-0.2, -0.15) is 13.5 Å². The number of ether oxygens (including phenoxy) is 1. The van der Waals surface area contributed by atoms with E-state index in [1.807, 2.05) is 25.5 Å². The van der Waals surface area contributed by atoms with E-state index < -0.39 is 39.2 Å². The van der Waals surface area contributed by atoms with Crippen molar-refractivity contribution in [3.63, 3.8) is 0 Å². The quantitative estimate of drug-likeness (QED) is 0.516. The normalized spacial score (nSPS) is 12.1. The second kappa shape index (κ2) is 9.88. The maximum Gasteiger partial charge on any atom is 0.285 e. The van der Waals surface area contributed by atoms with Crippen molar-refractivity contribution >= 4 is 15.9 Å². The summed E-state index contributed by atoms with van der Waals surface area (Å²) >= 11 is 0. The Hall–Kier alpha value is -3.34. The topological polar surface area (TPSA) is 103 Å². The number of carbonyl (C=O) groups excluding carboxylic acids is 1. The number of methoxy groups -OCH3 is 1. The van der Waals surface area contributed by atoms with Crippen LogP contribution < -0.4 is 9.46 Å². The number of benzene rings is 1. The fourth-order valence-electron chi connectivity index (χ4n) is 3.27. The number of pyridine rings is 1. The lowest BCUT2D eigenvalue weighted by Crippen LogP contribution is -2.32. The average molecular weight is 493 g/mol. The fourth-order valence-corrected chi connectivity index (χ4v) is 4.36. The summed E-state index contributed by atoms with van der Waals surface area (Å²) in [5.41, 5.74) is 0.734. The van der Waals surface area contributed by atoms with Crippen LogP contribution in [-0.4, -0.2) is 42.6 Å². The molecule has 0 saturated heterocycles. The minimum Gasteiger partial charge on any atom is -0.494 e. The monoisotopic (exact) mass is 492 g/mol. The summed E-state index contributed by atoms with van der Waals surface area (Å²) < 4.78 is 61.1. The first-order valence-electron chi connectivity index (χ1n) is 10.4. The van der Waals surface area contributed by atoms with Crippen molar-refractivity contribution in [3.8, 4) is 5.75 Å². The summed E-state index contributed by atoms with van der Waals surface area (Å²) in [6, 6.07) is 8.99. The summed E-state index contributed by atoms with van der Waals surface area (Å²) in [6.45, 7) is 5.83. The molecule has 34 heavy (non-hydrogen) atoms. The second-order valence-corrected chi connectivity index (χ2v) is 10.3. The Morgan fingerprint density at radius 1 is 1.18 bits per heavy atom. The van der Waals surface area contributed by atoms with Crippen LogP contribution in [0.3, 0.4) is 0 Å². The molecule has 3 aromatic rings. The molecule has 0 spiro atoms. The van der Waals surface area contributed by atoms with Crippen LogP contribution in [0, 0.1) is 0 Å². The molecule has 2 heterocycles. The van der Waals surface area contributed by atoms with Gasteiger partial charge in [0.15, 0.2) is 5.75 Å². The lowest BCUT2D eigenvalue weighted by atomic mass is 9.92. The van der Waals surface area contributed by atoms with E-state index in [4.69, 9.17) is 4.74 Å². The van der Waals surface area contributed by atoms with Crippen molar-refractivity contribution < 1.29 is 26.7 Å². The second-order valence-electron chi connectivity index (χ2n) is 8.67. The summed E-state index contributed by atoms with van der Waals surface area (Å²) in [6.07, 6.45) is 0.0158. The van der Waals surface area contributed by atoms with Gasteiger partial charge in [-0.3, -0.25) is 9.48 Å². The molecule has 0 unspecified atom stereocenters. The Balaban J connectivity index is 1.92. The maximum atomic E-state index is 13.2. The molecule has 1 aromatic carbocycles. The first-order chi connectivity index (χ1) is 15.9. The standard InChI is InChI=1S/C23H26F2N4O4S/c1-23(2,3)19-9-8-18(33-4)22(27-19)34(31,32)28-21(30)15-6-7-16(14-29-11-5-10-26-29)17(12-15)13-20(24)25/h5-12,20H,13-14H2,1-4H3,(H,28,30). The lowest BCUT2D eigenvalue weighted by Gasteiger charge is -2.19. The lowest BCUT2D eigenvalue weighted by molar-refractivity contribution is 0.0980. The number of hydrogen-bond acceptors (Lipinski definition) is 6. The highest BCUT2D eigenvalue weighted by atomic mass is 32.2. The molecule has 0 aliphatic heterocycles. The van der Waals surface area contributed by atoms with Crippen LogP contribution in [0.25, 0.3) is 0 Å². The Bertz CT molecular complexity index is 1270. The van der Waals surface area contributed by atoms with Gasteiger partial charge in [0.2, 0.25) is 11.5 Å². The first kappa shape index (κ1) is 25.3. The van der Waals surface area contributed by atoms with Crippen LogP contribution in [0.5, 0.6) is 5.75 Å². The highest BCUT2D eigenvalue weighted by Crippen LogP contribution is 2.27. The summed E-state index contributed by atoms with van der Waals surface area (Å²) in [7, 11) is -3.12. The SMILES string of the molecule is COc1ccc(C(C)(C)C)nc1S(=O)(=O)NC(=O)c1ccc(Cn2cccn2)c(CC(F)F)c1. The number of rotatable bonds is 8. The third-order valence-electron chi connectivity index (χ3n) is 5.03. The Labute approximate surface area is 197 Å². The van der Waals surface area contributed by atoms with Crippen molar-refractivity contribution in [2.75, 3.05) is 7.11 Å². The molecule has 0 atom stereocenters. The highest BCUT2D eigenvalue weighted by molar-refractivity contribution is 7.90. The number of alkyl halides is 2. The smallest absolute Gasteiger partial charge is 0.285 e. The van der Waals surface area contributed by atoms with Gasteiger partial charge in [0.1, 0.15) is 0 Å². The van der Waals surface area contributed by atoms with E-state index in [-0.39, 0.29) is 23.4 Å². The molecule has 0 radical (unpaired) electrons. The van der Waals surface area contributed by atoms with Gasteiger partial charge in [0.05, 0.1) is 13.7 Å². The first-order valence-corrected chi connectivity index (χ1v) is 11.9. The molecular weight excluding hydrogens is 466 g/mol. The summed E-state index contributed by atoms with van der Waals surface area (Å²) in [4.78, 5) is 17.0. The molecular formula is C23H26F2N4O4S. The van der Waals surface area contributed by atoms with E-state index in [0.29, 0.717) is 11.3 Å².